The van der Waals surface area contributed by atoms with E-state index in [2.05, 4.69) is 5.32 Å². The van der Waals surface area contributed by atoms with E-state index in [1.165, 1.54) is 42.5 Å². The van der Waals surface area contributed by atoms with E-state index in [-0.39, 0.29) is 23.4 Å². The van der Waals surface area contributed by atoms with Crippen LogP contribution in [0.5, 0.6) is 5.75 Å². The van der Waals surface area contributed by atoms with Crippen LogP contribution in [0.15, 0.2) is 115 Å². The molecule has 0 radical (unpaired) electrons. The van der Waals surface area contributed by atoms with Gasteiger partial charge in [0.05, 0.1) is 17.9 Å². The number of rotatable bonds is 11. The van der Waals surface area contributed by atoms with Crippen LogP contribution in [0, 0.1) is 12.8 Å². The summed E-state index contributed by atoms with van der Waals surface area (Å²) in [6.07, 6.45) is 1.10. The molecule has 50 heavy (non-hydrogen) atoms. The third-order valence-electron chi connectivity index (χ3n) is 8.01. The van der Waals surface area contributed by atoms with Crippen molar-refractivity contribution in [1.29, 1.82) is 0 Å². The van der Waals surface area contributed by atoms with E-state index >= 15 is 0 Å². The predicted octanol–water partition coefficient (Wildman–Crippen LogP) is 7.49. The van der Waals surface area contributed by atoms with E-state index < -0.39 is 54.4 Å². The van der Waals surface area contributed by atoms with Gasteiger partial charge in [-0.05, 0) is 78.1 Å². The van der Waals surface area contributed by atoms with Crippen molar-refractivity contribution >= 4 is 35.0 Å². The number of esters is 1. The minimum Gasteiger partial charge on any atom is -0.480 e. The molecule has 8 nitrogen and oxygen atoms in total. The van der Waals surface area contributed by atoms with E-state index in [9.17, 15) is 37.5 Å². The van der Waals surface area contributed by atoms with Crippen LogP contribution in [0.4, 0.5) is 18.9 Å². The Hall–Kier alpha value is -5.97. The Bertz CT molecular complexity index is 1930. The molecule has 4 aromatic carbocycles. The molecule has 5 rings (SSSR count). The minimum absolute atomic E-state index is 0.0611. The molecule has 0 aromatic heterocycles. The van der Waals surface area contributed by atoms with Crippen LogP contribution >= 0.6 is 0 Å². The molecule has 1 aliphatic carbocycles. The first kappa shape index (κ1) is 35.3. The second kappa shape index (κ2) is 15.5. The van der Waals surface area contributed by atoms with Gasteiger partial charge in [0.15, 0.2) is 0 Å². The van der Waals surface area contributed by atoms with Crippen molar-refractivity contribution in [2.24, 2.45) is 5.92 Å². The quantitative estimate of drug-likeness (QED) is 0.125. The van der Waals surface area contributed by atoms with Crippen LogP contribution in [0.2, 0.25) is 0 Å². The SMILES string of the molecule is Cc1ccc(C2=CCC(C(=O)Oc3ccc(CN(CC(=O)O)C(=O)c4ccc(NC(=O)Cc5ccccc5C(F)(F)F)cc4)cc3)C=C2)cc1. The Balaban J connectivity index is 1.16. The molecule has 0 saturated carbocycles. The second-order valence-corrected chi connectivity index (χ2v) is 11.8. The lowest BCUT2D eigenvalue weighted by Crippen LogP contribution is -2.35. The molecule has 2 N–H and O–H groups in total. The summed E-state index contributed by atoms with van der Waals surface area (Å²) in [6, 6.07) is 24.9. The summed E-state index contributed by atoms with van der Waals surface area (Å²) in [4.78, 5) is 51.3. The summed E-state index contributed by atoms with van der Waals surface area (Å²) in [7, 11) is 0. The number of carboxylic acid groups (broad SMARTS) is 1. The zero-order valence-electron chi connectivity index (χ0n) is 26.9. The lowest BCUT2D eigenvalue weighted by molar-refractivity contribution is -0.139. The minimum atomic E-state index is -4.60. The monoisotopic (exact) mass is 682 g/mol. The Labute approximate surface area is 286 Å². The molecule has 1 aliphatic rings. The molecule has 2 amide bonds. The van der Waals surface area contributed by atoms with Crippen LogP contribution in [0.1, 0.15) is 44.6 Å². The maximum absolute atomic E-state index is 13.3. The summed E-state index contributed by atoms with van der Waals surface area (Å²) in [5.41, 5.74) is 3.17. The fraction of sp³-hybridized carbons (Fsp3) is 0.179. The van der Waals surface area contributed by atoms with Gasteiger partial charge < -0.3 is 20.1 Å². The first-order valence-corrected chi connectivity index (χ1v) is 15.7. The number of carbonyl (C=O) groups is 4. The van der Waals surface area contributed by atoms with Gasteiger partial charge in [-0.2, -0.15) is 13.2 Å². The smallest absolute Gasteiger partial charge is 0.416 e. The van der Waals surface area contributed by atoms with E-state index in [1.807, 2.05) is 49.4 Å². The third-order valence-corrected chi connectivity index (χ3v) is 8.01. The van der Waals surface area contributed by atoms with Gasteiger partial charge in [-0.15, -0.1) is 0 Å². The maximum atomic E-state index is 13.3. The molecule has 0 saturated heterocycles. The van der Waals surface area contributed by atoms with Gasteiger partial charge in [0, 0.05) is 17.8 Å². The number of aryl methyl sites for hydroxylation is 1. The number of hydrogen-bond donors (Lipinski definition) is 2. The summed E-state index contributed by atoms with van der Waals surface area (Å²) < 4.78 is 45.4. The number of aliphatic carboxylic acids is 1. The second-order valence-electron chi connectivity index (χ2n) is 11.8. The first-order valence-electron chi connectivity index (χ1n) is 15.7. The normalized spacial score (nSPS) is 14.0. The number of carbonyl (C=O) groups excluding carboxylic acids is 3. The number of alkyl halides is 3. The Kier molecular flexibility index (Phi) is 11.0. The zero-order chi connectivity index (χ0) is 35.8. The molecule has 256 valence electrons. The van der Waals surface area contributed by atoms with Crippen LogP contribution < -0.4 is 10.1 Å². The molecule has 0 fully saturated rings. The number of ether oxygens (including phenoxy) is 1. The van der Waals surface area contributed by atoms with E-state index in [0.29, 0.717) is 17.7 Å². The fourth-order valence-corrected chi connectivity index (χ4v) is 5.40. The fourth-order valence-electron chi connectivity index (χ4n) is 5.40. The third kappa shape index (κ3) is 9.34. The molecule has 1 unspecified atom stereocenters. The number of allylic oxidation sites excluding steroid dienone is 3. The van der Waals surface area contributed by atoms with Crippen molar-refractivity contribution in [3.05, 3.63) is 149 Å². The number of hydrogen-bond acceptors (Lipinski definition) is 5. The Morgan fingerprint density at radius 2 is 1.58 bits per heavy atom. The van der Waals surface area contributed by atoms with Crippen LogP contribution in [0.3, 0.4) is 0 Å². The lowest BCUT2D eigenvalue weighted by atomic mass is 9.93. The standard InChI is InChI=1S/C39H33F3N2O6/c1-25-6-10-27(11-7-25)28-12-14-30(15-13-28)38(49)50-33-20-8-26(9-21-33)23-44(24-36(46)47)37(48)29-16-18-32(19-17-29)43-35(45)22-31-4-2-3-5-34(31)39(40,41)42/h2-14,16-21,30H,15,22-24H2,1H3,(H,43,45)(H,46,47). The number of benzene rings is 4. The summed E-state index contributed by atoms with van der Waals surface area (Å²) >= 11 is 0. The van der Waals surface area contributed by atoms with Crippen LogP contribution in [0.25, 0.3) is 5.57 Å². The number of nitrogens with zero attached hydrogens (tertiary/aromatic N) is 1. The number of carboxylic acids is 1. The predicted molar refractivity (Wildman–Crippen MR) is 181 cm³/mol. The number of nitrogens with one attached hydrogen (secondary N) is 1. The molecule has 1 atom stereocenters. The summed E-state index contributed by atoms with van der Waals surface area (Å²) in [5.74, 6) is -3.06. The lowest BCUT2D eigenvalue weighted by Gasteiger charge is -2.21. The summed E-state index contributed by atoms with van der Waals surface area (Å²) in [5, 5.41) is 12.0. The van der Waals surface area contributed by atoms with Gasteiger partial charge in [-0.1, -0.05) is 78.4 Å². The van der Waals surface area contributed by atoms with Crippen molar-refractivity contribution in [3.8, 4) is 5.75 Å². The molecule has 0 aliphatic heterocycles. The molecule has 0 heterocycles. The van der Waals surface area contributed by atoms with E-state index in [1.54, 1.807) is 24.3 Å². The van der Waals surface area contributed by atoms with Gasteiger partial charge in [0.1, 0.15) is 12.3 Å². The zero-order valence-corrected chi connectivity index (χ0v) is 26.9. The molecule has 0 spiro atoms. The highest BCUT2D eigenvalue weighted by atomic mass is 19.4. The number of amides is 2. The van der Waals surface area contributed by atoms with E-state index in [4.69, 9.17) is 4.74 Å². The van der Waals surface area contributed by atoms with Crippen molar-refractivity contribution < 1.29 is 42.2 Å². The molecule has 11 heteroatoms. The van der Waals surface area contributed by atoms with Gasteiger partial charge in [-0.25, -0.2) is 0 Å². The molecule has 4 aromatic rings. The number of halogens is 3. The topological polar surface area (TPSA) is 113 Å². The highest BCUT2D eigenvalue weighted by molar-refractivity contribution is 5.97. The van der Waals surface area contributed by atoms with E-state index in [0.717, 1.165) is 27.7 Å². The molecule has 0 bridgehead atoms. The van der Waals surface area contributed by atoms with Gasteiger partial charge in [0.25, 0.3) is 5.91 Å². The highest BCUT2D eigenvalue weighted by Gasteiger charge is 2.33. The van der Waals surface area contributed by atoms with Crippen LogP contribution in [-0.2, 0) is 33.5 Å². The molecular formula is C39H33F3N2O6. The maximum Gasteiger partial charge on any atom is 0.416 e. The van der Waals surface area contributed by atoms with Crippen molar-refractivity contribution in [2.75, 3.05) is 11.9 Å². The average molecular weight is 683 g/mol. The highest BCUT2D eigenvalue weighted by Crippen LogP contribution is 2.32. The average Bonchev–Trinajstić information content (AvgIpc) is 3.09. The van der Waals surface area contributed by atoms with Crippen molar-refractivity contribution in [3.63, 3.8) is 0 Å². The first-order chi connectivity index (χ1) is 23.9. The molecular weight excluding hydrogens is 649 g/mol. The van der Waals surface area contributed by atoms with Gasteiger partial charge >= 0.3 is 18.1 Å². The van der Waals surface area contributed by atoms with Crippen molar-refractivity contribution in [2.45, 2.75) is 32.5 Å². The largest absolute Gasteiger partial charge is 0.480 e. The Morgan fingerprint density at radius 1 is 0.900 bits per heavy atom. The van der Waals surface area contributed by atoms with Crippen molar-refractivity contribution in [1.82, 2.24) is 4.90 Å². The summed E-state index contributed by atoms with van der Waals surface area (Å²) in [6.45, 7) is 1.36. The number of anilines is 1. The Morgan fingerprint density at radius 3 is 2.20 bits per heavy atom. The van der Waals surface area contributed by atoms with Gasteiger partial charge in [0.2, 0.25) is 5.91 Å². The van der Waals surface area contributed by atoms with Crippen LogP contribution in [-0.4, -0.2) is 40.3 Å². The van der Waals surface area contributed by atoms with Gasteiger partial charge in [-0.3, -0.25) is 19.2 Å².